The van der Waals surface area contributed by atoms with Crippen LogP contribution in [0.1, 0.15) is 19.3 Å². The molecular formula is C8H15NO. The van der Waals surface area contributed by atoms with Crippen molar-refractivity contribution < 1.29 is 4.74 Å². The second-order valence-electron chi connectivity index (χ2n) is 3.75. The summed E-state index contributed by atoms with van der Waals surface area (Å²) in [6, 6.07) is 0.444. The fraction of sp³-hybridized carbons (Fsp3) is 1.00. The first-order chi connectivity index (χ1) is 4.79. The lowest BCUT2D eigenvalue weighted by Crippen LogP contribution is -2.21. The third-order valence-electron chi connectivity index (χ3n) is 2.98. The predicted octanol–water partition coefficient (Wildman–Crippen LogP) is 0.760. The maximum Gasteiger partial charge on any atom is 0.0536 e. The second kappa shape index (κ2) is 1.95. The Kier molecular flexibility index (Phi) is 1.29. The monoisotopic (exact) mass is 141 g/mol. The molecule has 0 aromatic carbocycles. The maximum absolute atomic E-state index is 5.85. The summed E-state index contributed by atoms with van der Waals surface area (Å²) in [6.07, 6.45) is 3.97. The summed E-state index contributed by atoms with van der Waals surface area (Å²) < 4.78 is 5.16. The highest BCUT2D eigenvalue weighted by atomic mass is 16.5. The van der Waals surface area contributed by atoms with Crippen LogP contribution in [0.2, 0.25) is 0 Å². The van der Waals surface area contributed by atoms with Gasteiger partial charge in [0, 0.05) is 18.6 Å². The Morgan fingerprint density at radius 2 is 2.20 bits per heavy atom. The lowest BCUT2D eigenvalue weighted by atomic mass is 10.0. The summed E-state index contributed by atoms with van der Waals surface area (Å²) in [7, 11) is 1.77. The number of hydrogen-bond donors (Lipinski definition) is 1. The third kappa shape index (κ3) is 0.789. The van der Waals surface area contributed by atoms with Crippen molar-refractivity contribution in [2.24, 2.45) is 17.1 Å². The lowest BCUT2D eigenvalue weighted by Gasteiger charge is -2.12. The highest BCUT2D eigenvalue weighted by Gasteiger charge is 2.60. The minimum absolute atomic E-state index is 0.425. The van der Waals surface area contributed by atoms with E-state index < -0.39 is 0 Å². The average molecular weight is 141 g/mol. The van der Waals surface area contributed by atoms with Gasteiger partial charge in [-0.05, 0) is 25.2 Å². The van der Waals surface area contributed by atoms with Crippen LogP contribution in [-0.4, -0.2) is 19.8 Å². The molecule has 2 rings (SSSR count). The molecule has 0 bridgehead atoms. The van der Waals surface area contributed by atoms with Crippen LogP contribution in [0.25, 0.3) is 0 Å². The van der Waals surface area contributed by atoms with Crippen LogP contribution in [0.3, 0.4) is 0 Å². The molecule has 2 nitrogen and oxygen atoms in total. The van der Waals surface area contributed by atoms with Gasteiger partial charge < -0.3 is 10.5 Å². The quantitative estimate of drug-likeness (QED) is 0.629. The molecule has 2 fully saturated rings. The summed E-state index contributed by atoms with van der Waals surface area (Å²) in [6.45, 7) is 0.888. The Hall–Kier alpha value is -0.0800. The highest BCUT2D eigenvalue weighted by molar-refractivity contribution is 5.13. The van der Waals surface area contributed by atoms with Crippen molar-refractivity contribution in [3.63, 3.8) is 0 Å². The number of hydrogen-bond acceptors (Lipinski definition) is 2. The first-order valence-electron chi connectivity index (χ1n) is 4.04. The van der Waals surface area contributed by atoms with Crippen molar-refractivity contribution in [1.82, 2.24) is 0 Å². The van der Waals surface area contributed by atoms with Crippen molar-refractivity contribution in [2.45, 2.75) is 25.3 Å². The standard InChI is InChI=1S/C8H15NO/c1-10-5-8(4-7(8)9)6-2-3-6/h6-7H,2-5,9H2,1H3. The Bertz CT molecular complexity index is 144. The van der Waals surface area contributed by atoms with E-state index in [1.807, 2.05) is 0 Å². The van der Waals surface area contributed by atoms with Gasteiger partial charge in [0.15, 0.2) is 0 Å². The van der Waals surface area contributed by atoms with Crippen molar-refractivity contribution in [3.8, 4) is 0 Å². The molecule has 0 radical (unpaired) electrons. The first-order valence-corrected chi connectivity index (χ1v) is 4.04. The van der Waals surface area contributed by atoms with Crippen LogP contribution in [0.15, 0.2) is 0 Å². The van der Waals surface area contributed by atoms with Gasteiger partial charge in [0.1, 0.15) is 0 Å². The number of rotatable bonds is 3. The molecule has 0 aromatic heterocycles. The zero-order valence-electron chi connectivity index (χ0n) is 6.47. The number of methoxy groups -OCH3 is 1. The molecule has 2 heteroatoms. The highest BCUT2D eigenvalue weighted by Crippen LogP contribution is 2.60. The van der Waals surface area contributed by atoms with E-state index in [9.17, 15) is 0 Å². The molecule has 0 saturated heterocycles. The predicted molar refractivity (Wildman–Crippen MR) is 39.6 cm³/mol. The fourth-order valence-corrected chi connectivity index (χ4v) is 2.03. The van der Waals surface area contributed by atoms with Gasteiger partial charge in [-0.3, -0.25) is 0 Å². The zero-order chi connectivity index (χ0) is 7.19. The molecule has 2 aliphatic rings. The molecule has 0 spiro atoms. The maximum atomic E-state index is 5.85. The van der Waals surface area contributed by atoms with E-state index in [0.717, 1.165) is 12.5 Å². The molecule has 58 valence electrons. The van der Waals surface area contributed by atoms with Crippen LogP contribution < -0.4 is 5.73 Å². The van der Waals surface area contributed by atoms with E-state index in [2.05, 4.69) is 0 Å². The Morgan fingerprint density at radius 3 is 2.50 bits per heavy atom. The van der Waals surface area contributed by atoms with Gasteiger partial charge in [0.05, 0.1) is 6.61 Å². The van der Waals surface area contributed by atoms with Crippen LogP contribution in [0.5, 0.6) is 0 Å². The molecule has 2 aliphatic carbocycles. The molecule has 2 atom stereocenters. The van der Waals surface area contributed by atoms with E-state index in [4.69, 9.17) is 10.5 Å². The molecule has 2 unspecified atom stereocenters. The van der Waals surface area contributed by atoms with E-state index >= 15 is 0 Å². The minimum atomic E-state index is 0.425. The van der Waals surface area contributed by atoms with Crippen molar-refractivity contribution >= 4 is 0 Å². The molecule has 0 aromatic rings. The summed E-state index contributed by atoms with van der Waals surface area (Å²) >= 11 is 0. The van der Waals surface area contributed by atoms with Crippen LogP contribution in [0, 0.1) is 11.3 Å². The fourth-order valence-electron chi connectivity index (χ4n) is 2.03. The van der Waals surface area contributed by atoms with Gasteiger partial charge in [-0.2, -0.15) is 0 Å². The van der Waals surface area contributed by atoms with Crippen LogP contribution in [-0.2, 0) is 4.74 Å². The normalized spacial score (nSPS) is 45.6. The molecule has 2 N–H and O–H groups in total. The van der Waals surface area contributed by atoms with Gasteiger partial charge in [0.25, 0.3) is 0 Å². The summed E-state index contributed by atoms with van der Waals surface area (Å²) in [5.74, 6) is 0.905. The molecular weight excluding hydrogens is 126 g/mol. The topological polar surface area (TPSA) is 35.2 Å². The van der Waals surface area contributed by atoms with E-state index in [0.29, 0.717) is 11.5 Å². The smallest absolute Gasteiger partial charge is 0.0536 e. The van der Waals surface area contributed by atoms with Gasteiger partial charge in [-0.25, -0.2) is 0 Å². The van der Waals surface area contributed by atoms with Crippen molar-refractivity contribution in [3.05, 3.63) is 0 Å². The van der Waals surface area contributed by atoms with Gasteiger partial charge in [0.2, 0.25) is 0 Å². The zero-order valence-corrected chi connectivity index (χ0v) is 6.47. The number of nitrogens with two attached hydrogens (primary N) is 1. The molecule has 0 heterocycles. The second-order valence-corrected chi connectivity index (χ2v) is 3.75. The summed E-state index contributed by atoms with van der Waals surface area (Å²) in [5, 5.41) is 0. The van der Waals surface area contributed by atoms with E-state index in [-0.39, 0.29) is 0 Å². The lowest BCUT2D eigenvalue weighted by molar-refractivity contribution is 0.126. The molecule has 0 aliphatic heterocycles. The van der Waals surface area contributed by atoms with Gasteiger partial charge in [-0.1, -0.05) is 0 Å². The average Bonchev–Trinajstić information content (AvgIpc) is 2.67. The van der Waals surface area contributed by atoms with Gasteiger partial charge in [-0.15, -0.1) is 0 Å². The molecule has 0 amide bonds. The Labute approximate surface area is 61.7 Å². The van der Waals surface area contributed by atoms with Crippen LogP contribution in [0.4, 0.5) is 0 Å². The van der Waals surface area contributed by atoms with Crippen molar-refractivity contribution in [1.29, 1.82) is 0 Å². The first kappa shape index (κ1) is 6.62. The molecule has 10 heavy (non-hydrogen) atoms. The molecule has 2 saturated carbocycles. The third-order valence-corrected chi connectivity index (χ3v) is 2.98. The van der Waals surface area contributed by atoms with E-state index in [1.54, 1.807) is 7.11 Å². The van der Waals surface area contributed by atoms with E-state index in [1.165, 1.54) is 19.3 Å². The van der Waals surface area contributed by atoms with Gasteiger partial charge >= 0.3 is 0 Å². The van der Waals surface area contributed by atoms with Crippen LogP contribution >= 0.6 is 0 Å². The largest absolute Gasteiger partial charge is 0.384 e. The number of ether oxygens (including phenoxy) is 1. The summed E-state index contributed by atoms with van der Waals surface area (Å²) in [4.78, 5) is 0. The minimum Gasteiger partial charge on any atom is -0.384 e. The Balaban J connectivity index is 1.95. The Morgan fingerprint density at radius 1 is 1.60 bits per heavy atom. The SMILES string of the molecule is COCC1(C2CC2)CC1N. The van der Waals surface area contributed by atoms with Crippen molar-refractivity contribution in [2.75, 3.05) is 13.7 Å². The summed E-state index contributed by atoms with van der Waals surface area (Å²) in [5.41, 5.74) is 6.27.